The van der Waals surface area contributed by atoms with Gasteiger partial charge in [0.2, 0.25) is 0 Å². The van der Waals surface area contributed by atoms with Gasteiger partial charge in [-0.2, -0.15) is 0 Å². The molecule has 110 valence electrons. The molecule has 6 heteroatoms. The number of fused-ring (bicyclic) bond motifs is 1. The lowest BCUT2D eigenvalue weighted by molar-refractivity contribution is 0.171. The summed E-state index contributed by atoms with van der Waals surface area (Å²) in [7, 11) is 0. The van der Waals surface area contributed by atoms with Gasteiger partial charge in [-0.05, 0) is 30.5 Å². The van der Waals surface area contributed by atoms with Gasteiger partial charge in [-0.1, -0.05) is 18.5 Å². The first-order valence-corrected chi connectivity index (χ1v) is 7.20. The number of guanidine groups is 1. The van der Waals surface area contributed by atoms with Gasteiger partial charge in [-0.15, -0.1) is 0 Å². The van der Waals surface area contributed by atoms with Gasteiger partial charge in [0.05, 0.1) is 5.02 Å². The summed E-state index contributed by atoms with van der Waals surface area (Å²) in [5.74, 6) is 1.83. The number of hydrogen-bond acceptors (Lipinski definition) is 3. The zero-order valence-electron chi connectivity index (χ0n) is 11.6. The van der Waals surface area contributed by atoms with E-state index in [2.05, 4.69) is 17.2 Å². The van der Waals surface area contributed by atoms with Crippen LogP contribution in [0.15, 0.2) is 17.1 Å². The summed E-state index contributed by atoms with van der Waals surface area (Å²) in [6.07, 6.45) is 1.78. The molecule has 1 aliphatic heterocycles. The summed E-state index contributed by atoms with van der Waals surface area (Å²) in [6.45, 7) is 4.61. The molecule has 0 spiro atoms. The Morgan fingerprint density at radius 2 is 2.20 bits per heavy atom. The van der Waals surface area contributed by atoms with Crippen molar-refractivity contribution in [3.63, 3.8) is 0 Å². The van der Waals surface area contributed by atoms with Crippen LogP contribution in [0.4, 0.5) is 0 Å². The van der Waals surface area contributed by atoms with Gasteiger partial charge in [0.1, 0.15) is 13.2 Å². The Hall–Kier alpha value is -1.62. The first-order chi connectivity index (χ1) is 9.70. The van der Waals surface area contributed by atoms with Crippen LogP contribution < -0.4 is 20.5 Å². The molecular weight excluding hydrogens is 278 g/mol. The molecule has 0 saturated heterocycles. The second-order valence-corrected chi connectivity index (χ2v) is 4.95. The zero-order valence-corrected chi connectivity index (χ0v) is 12.4. The van der Waals surface area contributed by atoms with Gasteiger partial charge in [0.15, 0.2) is 17.5 Å². The molecular formula is C14H20ClN3O2. The van der Waals surface area contributed by atoms with Crippen LogP contribution in [0.2, 0.25) is 5.02 Å². The lowest BCUT2D eigenvalue weighted by atomic mass is 10.1. The number of aliphatic imine (C=N–C) groups is 1. The van der Waals surface area contributed by atoms with Crippen LogP contribution in [0.25, 0.3) is 0 Å². The number of halogens is 1. The van der Waals surface area contributed by atoms with Crippen LogP contribution in [-0.4, -0.2) is 32.3 Å². The molecule has 1 aliphatic rings. The molecule has 0 aliphatic carbocycles. The van der Waals surface area contributed by atoms with E-state index in [-0.39, 0.29) is 0 Å². The van der Waals surface area contributed by atoms with Crippen molar-refractivity contribution in [1.29, 1.82) is 0 Å². The van der Waals surface area contributed by atoms with Crippen LogP contribution in [-0.2, 0) is 6.42 Å². The smallest absolute Gasteiger partial charge is 0.188 e. The summed E-state index contributed by atoms with van der Waals surface area (Å²) < 4.78 is 11.0. The first kappa shape index (κ1) is 14.8. The highest BCUT2D eigenvalue weighted by molar-refractivity contribution is 6.32. The molecule has 0 radical (unpaired) electrons. The number of rotatable bonds is 5. The molecule has 1 aromatic carbocycles. The SMILES string of the molecule is CCCN=C(N)NCCc1cc(Cl)c2c(c1)OCCO2. The molecule has 1 heterocycles. The second kappa shape index (κ2) is 7.24. The summed E-state index contributed by atoms with van der Waals surface area (Å²) >= 11 is 6.18. The summed E-state index contributed by atoms with van der Waals surface area (Å²) in [4.78, 5) is 4.17. The van der Waals surface area contributed by atoms with Crippen molar-refractivity contribution < 1.29 is 9.47 Å². The second-order valence-electron chi connectivity index (χ2n) is 4.55. The minimum absolute atomic E-state index is 0.482. The highest BCUT2D eigenvalue weighted by Gasteiger charge is 2.16. The lowest BCUT2D eigenvalue weighted by Crippen LogP contribution is -2.33. The van der Waals surface area contributed by atoms with Gasteiger partial charge in [0, 0.05) is 13.1 Å². The lowest BCUT2D eigenvalue weighted by Gasteiger charge is -2.20. The predicted molar refractivity (Wildman–Crippen MR) is 80.9 cm³/mol. The third-order valence-corrected chi connectivity index (χ3v) is 3.16. The number of nitrogens with zero attached hydrogens (tertiary/aromatic N) is 1. The molecule has 0 unspecified atom stereocenters. The normalized spacial score (nSPS) is 14.2. The van der Waals surface area contributed by atoms with Gasteiger partial charge in [-0.25, -0.2) is 0 Å². The Labute approximate surface area is 124 Å². The third kappa shape index (κ3) is 3.93. The Balaban J connectivity index is 1.92. The van der Waals surface area contributed by atoms with Crippen LogP contribution >= 0.6 is 11.6 Å². The summed E-state index contributed by atoms with van der Waals surface area (Å²) in [5.41, 5.74) is 6.81. The monoisotopic (exact) mass is 297 g/mol. The molecule has 5 nitrogen and oxygen atoms in total. The molecule has 2 rings (SSSR count). The van der Waals surface area contributed by atoms with E-state index in [0.717, 1.165) is 24.9 Å². The standard InChI is InChI=1S/C14H20ClN3O2/c1-2-4-17-14(16)18-5-3-10-8-11(15)13-12(9-10)19-6-7-20-13/h8-9H,2-7H2,1H3,(H3,16,17,18). The number of nitrogens with one attached hydrogen (secondary N) is 1. The van der Waals surface area contributed by atoms with Gasteiger partial charge in [-0.3, -0.25) is 4.99 Å². The highest BCUT2D eigenvalue weighted by atomic mass is 35.5. The zero-order chi connectivity index (χ0) is 14.4. The first-order valence-electron chi connectivity index (χ1n) is 6.82. The van der Waals surface area contributed by atoms with E-state index < -0.39 is 0 Å². The van der Waals surface area contributed by atoms with Crippen molar-refractivity contribution >= 4 is 17.6 Å². The fourth-order valence-electron chi connectivity index (χ4n) is 1.93. The molecule has 20 heavy (non-hydrogen) atoms. The molecule has 1 aromatic rings. The van der Waals surface area contributed by atoms with Crippen molar-refractivity contribution in [2.24, 2.45) is 10.7 Å². The fraction of sp³-hybridized carbons (Fsp3) is 0.500. The van der Waals surface area contributed by atoms with Crippen LogP contribution in [0, 0.1) is 0 Å². The Morgan fingerprint density at radius 3 is 3.00 bits per heavy atom. The molecule has 0 amide bonds. The van der Waals surface area contributed by atoms with Gasteiger partial charge in [0.25, 0.3) is 0 Å². The van der Waals surface area contributed by atoms with Gasteiger partial charge >= 0.3 is 0 Å². The largest absolute Gasteiger partial charge is 0.486 e. The van der Waals surface area contributed by atoms with Crippen molar-refractivity contribution in [2.45, 2.75) is 19.8 Å². The Morgan fingerprint density at radius 1 is 1.40 bits per heavy atom. The van der Waals surface area contributed by atoms with E-state index in [0.29, 0.717) is 42.2 Å². The molecule has 0 saturated carbocycles. The molecule has 0 fully saturated rings. The molecule has 0 atom stereocenters. The quantitative estimate of drug-likeness (QED) is 0.644. The maximum Gasteiger partial charge on any atom is 0.188 e. The van der Waals surface area contributed by atoms with E-state index >= 15 is 0 Å². The minimum atomic E-state index is 0.482. The van der Waals surface area contributed by atoms with E-state index in [4.69, 9.17) is 26.8 Å². The topological polar surface area (TPSA) is 68.9 Å². The average molecular weight is 298 g/mol. The van der Waals surface area contributed by atoms with Crippen LogP contribution in [0.5, 0.6) is 11.5 Å². The van der Waals surface area contributed by atoms with Crippen LogP contribution in [0.1, 0.15) is 18.9 Å². The van der Waals surface area contributed by atoms with Crippen molar-refractivity contribution in [3.8, 4) is 11.5 Å². The van der Waals surface area contributed by atoms with Crippen molar-refractivity contribution in [1.82, 2.24) is 5.32 Å². The van der Waals surface area contributed by atoms with Crippen molar-refractivity contribution in [2.75, 3.05) is 26.3 Å². The predicted octanol–water partition coefficient (Wildman–Crippen LogP) is 1.97. The van der Waals surface area contributed by atoms with E-state index in [1.165, 1.54) is 0 Å². The fourth-order valence-corrected chi connectivity index (χ4v) is 2.22. The molecule has 0 aromatic heterocycles. The minimum Gasteiger partial charge on any atom is -0.486 e. The highest BCUT2D eigenvalue weighted by Crippen LogP contribution is 2.38. The maximum atomic E-state index is 6.18. The third-order valence-electron chi connectivity index (χ3n) is 2.88. The van der Waals surface area contributed by atoms with Crippen molar-refractivity contribution in [3.05, 3.63) is 22.7 Å². The summed E-state index contributed by atoms with van der Waals surface area (Å²) in [5, 5.41) is 3.67. The Bertz CT molecular complexity index is 492. The van der Waals surface area contributed by atoms with E-state index in [1.54, 1.807) is 0 Å². The molecule has 0 bridgehead atoms. The van der Waals surface area contributed by atoms with Crippen LogP contribution in [0.3, 0.4) is 0 Å². The number of hydrogen-bond donors (Lipinski definition) is 2. The average Bonchev–Trinajstić information content (AvgIpc) is 2.45. The Kier molecular flexibility index (Phi) is 5.35. The maximum absolute atomic E-state index is 6.18. The van der Waals surface area contributed by atoms with E-state index in [9.17, 15) is 0 Å². The van der Waals surface area contributed by atoms with E-state index in [1.807, 2.05) is 12.1 Å². The molecule has 3 N–H and O–H groups in total. The number of benzene rings is 1. The summed E-state index contributed by atoms with van der Waals surface area (Å²) in [6, 6.07) is 3.86. The number of nitrogens with two attached hydrogens (primary N) is 1. The number of ether oxygens (including phenoxy) is 2. The van der Waals surface area contributed by atoms with Gasteiger partial charge < -0.3 is 20.5 Å².